The van der Waals surface area contributed by atoms with E-state index in [1.54, 1.807) is 17.3 Å². The first-order chi connectivity index (χ1) is 9.85. The van der Waals surface area contributed by atoms with Gasteiger partial charge in [0.15, 0.2) is 0 Å². The second-order valence-corrected chi connectivity index (χ2v) is 7.94. The molecule has 2 heterocycles. The van der Waals surface area contributed by atoms with Gasteiger partial charge >= 0.3 is 6.09 Å². The molecule has 0 bridgehead atoms. The lowest BCUT2D eigenvalue weighted by molar-refractivity contribution is 0.0295. The number of pyridine rings is 1. The van der Waals surface area contributed by atoms with E-state index in [9.17, 15) is 9.00 Å². The van der Waals surface area contributed by atoms with Gasteiger partial charge in [0.2, 0.25) is 0 Å². The van der Waals surface area contributed by atoms with Crippen LogP contribution in [0.1, 0.15) is 32.8 Å². The van der Waals surface area contributed by atoms with E-state index in [1.165, 1.54) is 0 Å². The van der Waals surface area contributed by atoms with Crippen LogP contribution in [0.3, 0.4) is 0 Å². The Balaban J connectivity index is 1.87. The second kappa shape index (κ2) is 6.56. The summed E-state index contributed by atoms with van der Waals surface area (Å²) >= 11 is 0. The van der Waals surface area contributed by atoms with Crippen molar-refractivity contribution in [3.8, 4) is 0 Å². The van der Waals surface area contributed by atoms with Crippen LogP contribution in [0, 0.1) is 0 Å². The molecule has 2 rings (SSSR count). The predicted octanol–water partition coefficient (Wildman–Crippen LogP) is 2.34. The molecule has 0 aliphatic carbocycles. The lowest BCUT2D eigenvalue weighted by atomic mass is 10.2. The van der Waals surface area contributed by atoms with Crippen molar-refractivity contribution in [1.29, 1.82) is 0 Å². The van der Waals surface area contributed by atoms with Crippen molar-refractivity contribution >= 4 is 16.9 Å². The molecule has 0 unspecified atom stereocenters. The van der Waals surface area contributed by atoms with Crippen LogP contribution in [0.25, 0.3) is 0 Å². The van der Waals surface area contributed by atoms with Gasteiger partial charge in [-0.05, 0) is 38.8 Å². The van der Waals surface area contributed by atoms with Gasteiger partial charge in [-0.1, -0.05) is 6.07 Å². The molecule has 5 nitrogen and oxygen atoms in total. The van der Waals surface area contributed by atoms with Crippen molar-refractivity contribution < 1.29 is 13.7 Å². The quantitative estimate of drug-likeness (QED) is 0.860. The number of rotatable bonds is 3. The standard InChI is InChI=1S/C15H22N2O3S/c1-15(2,3)20-14(18)17-8-6-13(10-17)21(19)11-12-5-4-7-16-9-12/h4-5,7,9,13H,6,8,10-11H2,1-3H3/t13-,21+/m1/s1. The minimum absolute atomic E-state index is 0.0118. The summed E-state index contributed by atoms with van der Waals surface area (Å²) < 4.78 is 17.7. The van der Waals surface area contributed by atoms with Crippen LogP contribution in [-0.4, -0.2) is 44.1 Å². The Bertz CT molecular complexity index is 513. The van der Waals surface area contributed by atoms with Crippen molar-refractivity contribution in [2.75, 3.05) is 13.1 Å². The minimum Gasteiger partial charge on any atom is -0.444 e. The van der Waals surface area contributed by atoms with Crippen molar-refractivity contribution in [2.45, 2.75) is 43.8 Å². The number of amides is 1. The molecule has 1 aliphatic heterocycles. The zero-order valence-electron chi connectivity index (χ0n) is 12.7. The molecule has 0 radical (unpaired) electrons. The molecule has 21 heavy (non-hydrogen) atoms. The highest BCUT2D eigenvalue weighted by atomic mass is 32.2. The van der Waals surface area contributed by atoms with Crippen LogP contribution >= 0.6 is 0 Å². The maximum absolute atomic E-state index is 12.4. The zero-order valence-corrected chi connectivity index (χ0v) is 13.6. The SMILES string of the molecule is CC(C)(C)OC(=O)N1CC[C@@H]([S@@](=O)Cc2cccnc2)C1. The number of likely N-dealkylation sites (tertiary alicyclic amines) is 1. The molecule has 0 saturated carbocycles. The lowest BCUT2D eigenvalue weighted by Crippen LogP contribution is -2.36. The average Bonchev–Trinajstić information content (AvgIpc) is 2.87. The highest BCUT2D eigenvalue weighted by molar-refractivity contribution is 7.84. The van der Waals surface area contributed by atoms with Crippen molar-refractivity contribution in [2.24, 2.45) is 0 Å². The molecule has 0 aromatic carbocycles. The van der Waals surface area contributed by atoms with Gasteiger partial charge in [-0.2, -0.15) is 0 Å². The molecule has 1 fully saturated rings. The number of hydrogen-bond donors (Lipinski definition) is 0. The summed E-state index contributed by atoms with van der Waals surface area (Å²) in [6.45, 7) is 6.65. The number of ether oxygens (including phenoxy) is 1. The number of carbonyl (C=O) groups excluding carboxylic acids is 1. The van der Waals surface area contributed by atoms with Crippen LogP contribution < -0.4 is 0 Å². The van der Waals surface area contributed by atoms with Crippen molar-refractivity contribution in [3.63, 3.8) is 0 Å². The van der Waals surface area contributed by atoms with Crippen LogP contribution in [-0.2, 0) is 21.3 Å². The smallest absolute Gasteiger partial charge is 0.410 e. The van der Waals surface area contributed by atoms with Crippen molar-refractivity contribution in [3.05, 3.63) is 30.1 Å². The maximum atomic E-state index is 12.4. The predicted molar refractivity (Wildman–Crippen MR) is 82.3 cm³/mol. The first-order valence-corrected chi connectivity index (χ1v) is 8.47. The zero-order chi connectivity index (χ0) is 15.5. The van der Waals surface area contributed by atoms with Gasteiger partial charge in [0.25, 0.3) is 0 Å². The Kier molecular flexibility index (Phi) is 4.98. The molecule has 1 saturated heterocycles. The topological polar surface area (TPSA) is 59.5 Å². The van der Waals surface area contributed by atoms with E-state index in [1.807, 2.05) is 32.9 Å². The number of nitrogens with zero attached hydrogens (tertiary/aromatic N) is 2. The maximum Gasteiger partial charge on any atom is 0.410 e. The number of carbonyl (C=O) groups is 1. The summed E-state index contributed by atoms with van der Waals surface area (Å²) in [5.74, 6) is 0.487. The molecule has 0 N–H and O–H groups in total. The molecule has 1 aliphatic rings. The monoisotopic (exact) mass is 310 g/mol. The molecular formula is C15H22N2O3S. The molecule has 1 aromatic heterocycles. The summed E-state index contributed by atoms with van der Waals surface area (Å²) in [5, 5.41) is 0.0118. The third-order valence-corrected chi connectivity index (χ3v) is 4.95. The first kappa shape index (κ1) is 15.9. The van der Waals surface area contributed by atoms with Gasteiger partial charge in [-0.15, -0.1) is 0 Å². The van der Waals surface area contributed by atoms with Gasteiger partial charge in [0.05, 0.1) is 11.0 Å². The number of aromatic nitrogens is 1. The Morgan fingerprint density at radius 3 is 2.90 bits per heavy atom. The summed E-state index contributed by atoms with van der Waals surface area (Å²) in [6, 6.07) is 3.76. The van der Waals surface area contributed by atoms with Gasteiger partial charge in [0, 0.05) is 36.3 Å². The van der Waals surface area contributed by atoms with Crippen LogP contribution in [0.5, 0.6) is 0 Å². The van der Waals surface area contributed by atoms with E-state index in [4.69, 9.17) is 4.74 Å². The first-order valence-electron chi connectivity index (χ1n) is 7.09. The third kappa shape index (κ3) is 4.81. The van der Waals surface area contributed by atoms with E-state index in [2.05, 4.69) is 4.98 Å². The Morgan fingerprint density at radius 1 is 1.52 bits per heavy atom. The van der Waals surface area contributed by atoms with E-state index >= 15 is 0 Å². The third-order valence-electron chi connectivity index (χ3n) is 3.20. The molecule has 6 heteroatoms. The van der Waals surface area contributed by atoms with Gasteiger partial charge < -0.3 is 9.64 Å². The number of hydrogen-bond acceptors (Lipinski definition) is 4. The highest BCUT2D eigenvalue weighted by Crippen LogP contribution is 2.20. The molecular weight excluding hydrogens is 288 g/mol. The normalized spacial score (nSPS) is 20.3. The van der Waals surface area contributed by atoms with Crippen LogP contribution in [0.4, 0.5) is 4.79 Å². The summed E-state index contributed by atoms with van der Waals surface area (Å²) in [5.41, 5.74) is 0.468. The lowest BCUT2D eigenvalue weighted by Gasteiger charge is -2.24. The van der Waals surface area contributed by atoms with Gasteiger partial charge in [0.1, 0.15) is 5.60 Å². The van der Waals surface area contributed by atoms with E-state index in [0.29, 0.717) is 18.8 Å². The minimum atomic E-state index is -0.996. The fourth-order valence-electron chi connectivity index (χ4n) is 2.20. The summed E-state index contributed by atoms with van der Waals surface area (Å²) in [4.78, 5) is 17.7. The van der Waals surface area contributed by atoms with Gasteiger partial charge in [-0.25, -0.2) is 4.79 Å². The molecule has 1 aromatic rings. The highest BCUT2D eigenvalue weighted by Gasteiger charge is 2.32. The molecule has 1 amide bonds. The summed E-state index contributed by atoms with van der Waals surface area (Å²) in [7, 11) is -0.996. The molecule has 2 atom stereocenters. The van der Waals surface area contributed by atoms with E-state index < -0.39 is 16.4 Å². The van der Waals surface area contributed by atoms with E-state index in [-0.39, 0.29) is 11.3 Å². The Hall–Kier alpha value is -1.43. The largest absolute Gasteiger partial charge is 0.444 e. The average molecular weight is 310 g/mol. The van der Waals surface area contributed by atoms with Crippen LogP contribution in [0.2, 0.25) is 0 Å². The van der Waals surface area contributed by atoms with Gasteiger partial charge in [-0.3, -0.25) is 9.19 Å². The fourth-order valence-corrected chi connectivity index (χ4v) is 3.65. The van der Waals surface area contributed by atoms with Crippen molar-refractivity contribution in [1.82, 2.24) is 9.88 Å². The summed E-state index contributed by atoms with van der Waals surface area (Å²) in [6.07, 6.45) is 3.87. The second-order valence-electron chi connectivity index (χ2n) is 6.22. The Labute approximate surface area is 128 Å². The van der Waals surface area contributed by atoms with E-state index in [0.717, 1.165) is 12.0 Å². The molecule has 116 valence electrons. The Morgan fingerprint density at radius 2 is 2.29 bits per heavy atom. The molecule has 0 spiro atoms. The fraction of sp³-hybridized carbons (Fsp3) is 0.600. The van der Waals surface area contributed by atoms with Crippen LogP contribution in [0.15, 0.2) is 24.5 Å².